The summed E-state index contributed by atoms with van der Waals surface area (Å²) >= 11 is 0. The fraction of sp³-hybridized carbons (Fsp3) is 0.158. The Balaban J connectivity index is 1.65. The van der Waals surface area contributed by atoms with Gasteiger partial charge in [0.1, 0.15) is 5.82 Å². The van der Waals surface area contributed by atoms with Crippen molar-refractivity contribution in [3.63, 3.8) is 0 Å². The zero-order chi connectivity index (χ0) is 16.1. The Morgan fingerprint density at radius 1 is 0.957 bits per heavy atom. The molecule has 1 aromatic heterocycles. The van der Waals surface area contributed by atoms with Crippen molar-refractivity contribution < 1.29 is 5.11 Å². The van der Waals surface area contributed by atoms with E-state index in [1.54, 1.807) is 12.4 Å². The smallest absolute Gasteiger partial charge is 0.144 e. The molecule has 4 nitrogen and oxygen atoms in total. The van der Waals surface area contributed by atoms with Crippen LogP contribution in [0.15, 0.2) is 67.0 Å². The standard InChI is InChI=1S/C19H19N3O/c1-14-11-20-13-19(22-14)21-12-18(23)17-9-7-16(8-10-17)15-5-3-2-4-6-15/h2-11,13,18,23H,12H2,1H3,(H,21,22). The number of rotatable bonds is 5. The van der Waals surface area contributed by atoms with E-state index in [4.69, 9.17) is 0 Å². The maximum Gasteiger partial charge on any atom is 0.144 e. The fourth-order valence-electron chi connectivity index (χ4n) is 2.40. The molecule has 4 heteroatoms. The molecule has 116 valence electrons. The molecule has 0 bridgehead atoms. The number of hydrogen-bond acceptors (Lipinski definition) is 4. The van der Waals surface area contributed by atoms with Gasteiger partial charge >= 0.3 is 0 Å². The van der Waals surface area contributed by atoms with Gasteiger partial charge in [-0.2, -0.15) is 0 Å². The van der Waals surface area contributed by atoms with Crippen molar-refractivity contribution in [1.29, 1.82) is 0 Å². The van der Waals surface area contributed by atoms with Gasteiger partial charge in [0.05, 0.1) is 18.0 Å². The quantitative estimate of drug-likeness (QED) is 0.756. The number of nitrogens with zero attached hydrogens (tertiary/aromatic N) is 2. The number of nitrogens with one attached hydrogen (secondary N) is 1. The molecule has 1 atom stereocenters. The van der Waals surface area contributed by atoms with Crippen molar-refractivity contribution in [3.05, 3.63) is 78.2 Å². The lowest BCUT2D eigenvalue weighted by atomic mass is 10.0. The third kappa shape index (κ3) is 3.93. The van der Waals surface area contributed by atoms with E-state index in [1.807, 2.05) is 49.4 Å². The molecule has 0 saturated heterocycles. The second-order valence-corrected chi connectivity index (χ2v) is 5.43. The number of aromatic nitrogens is 2. The lowest BCUT2D eigenvalue weighted by Crippen LogP contribution is -2.13. The van der Waals surface area contributed by atoms with Gasteiger partial charge in [0.25, 0.3) is 0 Å². The summed E-state index contributed by atoms with van der Waals surface area (Å²) in [5.74, 6) is 0.671. The van der Waals surface area contributed by atoms with Crippen molar-refractivity contribution in [1.82, 2.24) is 9.97 Å². The van der Waals surface area contributed by atoms with Crippen LogP contribution in [0.1, 0.15) is 17.4 Å². The van der Waals surface area contributed by atoms with Gasteiger partial charge in [0.15, 0.2) is 0 Å². The van der Waals surface area contributed by atoms with Crippen LogP contribution in [-0.4, -0.2) is 21.6 Å². The Hall–Kier alpha value is -2.72. The fourth-order valence-corrected chi connectivity index (χ4v) is 2.40. The number of benzene rings is 2. The zero-order valence-electron chi connectivity index (χ0n) is 13.0. The molecule has 1 unspecified atom stereocenters. The SMILES string of the molecule is Cc1cncc(NCC(O)c2ccc(-c3ccccc3)cc2)n1. The van der Waals surface area contributed by atoms with E-state index in [2.05, 4.69) is 27.4 Å². The average molecular weight is 305 g/mol. The molecule has 23 heavy (non-hydrogen) atoms. The minimum Gasteiger partial charge on any atom is -0.387 e. The van der Waals surface area contributed by atoms with Crippen LogP contribution in [0.3, 0.4) is 0 Å². The lowest BCUT2D eigenvalue weighted by molar-refractivity contribution is 0.191. The molecule has 0 spiro atoms. The van der Waals surface area contributed by atoms with Crippen molar-refractivity contribution in [2.45, 2.75) is 13.0 Å². The van der Waals surface area contributed by atoms with Gasteiger partial charge in [0, 0.05) is 12.7 Å². The largest absolute Gasteiger partial charge is 0.387 e. The van der Waals surface area contributed by atoms with Crippen LogP contribution >= 0.6 is 0 Å². The van der Waals surface area contributed by atoms with Crippen LogP contribution in [-0.2, 0) is 0 Å². The summed E-state index contributed by atoms with van der Waals surface area (Å²) in [6, 6.07) is 18.2. The summed E-state index contributed by atoms with van der Waals surface area (Å²) in [4.78, 5) is 8.38. The third-order valence-electron chi connectivity index (χ3n) is 3.63. The van der Waals surface area contributed by atoms with Crippen LogP contribution in [0.5, 0.6) is 0 Å². The Kier molecular flexibility index (Phi) is 4.64. The van der Waals surface area contributed by atoms with Crippen molar-refractivity contribution in [2.75, 3.05) is 11.9 Å². The molecule has 0 saturated carbocycles. The van der Waals surface area contributed by atoms with Crippen LogP contribution in [0.2, 0.25) is 0 Å². The van der Waals surface area contributed by atoms with Crippen molar-refractivity contribution in [3.8, 4) is 11.1 Å². The van der Waals surface area contributed by atoms with Crippen molar-refractivity contribution >= 4 is 5.82 Å². The summed E-state index contributed by atoms with van der Waals surface area (Å²) < 4.78 is 0. The summed E-state index contributed by atoms with van der Waals surface area (Å²) in [6.45, 7) is 2.28. The van der Waals surface area contributed by atoms with Crippen LogP contribution in [0.4, 0.5) is 5.82 Å². The predicted molar refractivity (Wildman–Crippen MR) is 92.1 cm³/mol. The minimum atomic E-state index is -0.595. The molecular formula is C19H19N3O. The monoisotopic (exact) mass is 305 g/mol. The van der Waals surface area contributed by atoms with Crippen molar-refractivity contribution in [2.24, 2.45) is 0 Å². The molecule has 0 aliphatic rings. The summed E-state index contributed by atoms with van der Waals surface area (Å²) in [5, 5.41) is 13.4. The second-order valence-electron chi connectivity index (χ2n) is 5.43. The van der Waals surface area contributed by atoms with Gasteiger partial charge in [-0.3, -0.25) is 4.98 Å². The highest BCUT2D eigenvalue weighted by Crippen LogP contribution is 2.22. The number of anilines is 1. The first-order chi connectivity index (χ1) is 11.2. The Labute approximate surface area is 135 Å². The van der Waals surface area contributed by atoms with E-state index >= 15 is 0 Å². The van der Waals surface area contributed by atoms with E-state index in [9.17, 15) is 5.11 Å². The molecule has 1 heterocycles. The highest BCUT2D eigenvalue weighted by molar-refractivity contribution is 5.63. The predicted octanol–water partition coefficient (Wildman–Crippen LogP) is 3.60. The average Bonchev–Trinajstić information content (AvgIpc) is 2.61. The molecule has 2 N–H and O–H groups in total. The summed E-state index contributed by atoms with van der Waals surface area (Å²) in [7, 11) is 0. The van der Waals surface area contributed by atoms with E-state index < -0.39 is 6.10 Å². The molecule has 0 amide bonds. The Morgan fingerprint density at radius 3 is 2.35 bits per heavy atom. The number of aliphatic hydroxyl groups is 1. The van der Waals surface area contributed by atoms with E-state index in [0.717, 1.165) is 16.8 Å². The minimum absolute atomic E-state index is 0.392. The molecule has 2 aromatic carbocycles. The molecule has 3 rings (SSSR count). The molecule has 0 aliphatic carbocycles. The summed E-state index contributed by atoms with van der Waals surface area (Å²) in [5.41, 5.74) is 4.02. The van der Waals surface area contributed by atoms with Crippen LogP contribution < -0.4 is 5.32 Å². The Bertz CT molecular complexity index is 757. The molecular weight excluding hydrogens is 286 g/mol. The van der Waals surface area contributed by atoms with E-state index in [0.29, 0.717) is 12.4 Å². The summed E-state index contributed by atoms with van der Waals surface area (Å²) in [6.07, 6.45) is 2.75. The topological polar surface area (TPSA) is 58.0 Å². The number of aliphatic hydroxyl groups excluding tert-OH is 1. The third-order valence-corrected chi connectivity index (χ3v) is 3.63. The first kappa shape index (κ1) is 15.2. The first-order valence-electron chi connectivity index (χ1n) is 7.58. The Morgan fingerprint density at radius 2 is 1.65 bits per heavy atom. The van der Waals surface area contributed by atoms with Gasteiger partial charge in [0.2, 0.25) is 0 Å². The highest BCUT2D eigenvalue weighted by Gasteiger charge is 2.08. The van der Waals surface area contributed by atoms with Gasteiger partial charge in [-0.1, -0.05) is 54.6 Å². The molecule has 0 fully saturated rings. The number of aryl methyl sites for hydroxylation is 1. The highest BCUT2D eigenvalue weighted by atomic mass is 16.3. The molecule has 3 aromatic rings. The zero-order valence-corrected chi connectivity index (χ0v) is 13.0. The van der Waals surface area contributed by atoms with Gasteiger partial charge in [-0.05, 0) is 23.6 Å². The number of hydrogen-bond donors (Lipinski definition) is 2. The van der Waals surface area contributed by atoms with E-state index in [1.165, 1.54) is 5.56 Å². The molecule has 0 radical (unpaired) electrons. The normalized spacial score (nSPS) is 11.9. The maximum atomic E-state index is 10.3. The van der Waals surface area contributed by atoms with Crippen LogP contribution in [0.25, 0.3) is 11.1 Å². The lowest BCUT2D eigenvalue weighted by Gasteiger charge is -2.13. The molecule has 0 aliphatic heterocycles. The van der Waals surface area contributed by atoms with Gasteiger partial charge in [-0.15, -0.1) is 0 Å². The van der Waals surface area contributed by atoms with E-state index in [-0.39, 0.29) is 0 Å². The first-order valence-corrected chi connectivity index (χ1v) is 7.58. The van der Waals surface area contributed by atoms with Gasteiger partial charge < -0.3 is 10.4 Å². The van der Waals surface area contributed by atoms with Gasteiger partial charge in [-0.25, -0.2) is 4.98 Å². The van der Waals surface area contributed by atoms with Crippen LogP contribution in [0, 0.1) is 6.92 Å². The maximum absolute atomic E-state index is 10.3. The second kappa shape index (κ2) is 7.03.